The number of anilines is 1. The number of benzene rings is 1. The third-order valence-corrected chi connectivity index (χ3v) is 6.11. The molecule has 0 saturated carbocycles. The number of aromatic amines is 1. The number of likely N-dealkylation sites (tertiary alicyclic amines) is 1. The summed E-state index contributed by atoms with van der Waals surface area (Å²) in [5.41, 5.74) is 1.28. The molecule has 1 aromatic carbocycles. The van der Waals surface area contributed by atoms with Crippen LogP contribution in [0.5, 0.6) is 0 Å². The molecular weight excluding hydrogens is 398 g/mol. The number of H-pyrrole nitrogens is 1. The summed E-state index contributed by atoms with van der Waals surface area (Å²) in [5.74, 6) is -1.19. The van der Waals surface area contributed by atoms with Crippen LogP contribution >= 0.6 is 11.6 Å². The average Bonchev–Trinajstić information content (AvgIpc) is 3.32. The van der Waals surface area contributed by atoms with E-state index >= 15 is 0 Å². The first-order valence-electron chi connectivity index (χ1n) is 9.75. The van der Waals surface area contributed by atoms with Gasteiger partial charge in [0.25, 0.3) is 5.91 Å². The number of methoxy groups -OCH3 is 1. The van der Waals surface area contributed by atoms with E-state index in [0.717, 1.165) is 30.8 Å². The number of carbonyl (C=O) groups is 2. The molecule has 156 valence electrons. The fourth-order valence-corrected chi connectivity index (χ4v) is 4.31. The number of amides is 1. The zero-order valence-electron chi connectivity index (χ0n) is 16.5. The highest BCUT2D eigenvalue weighted by Gasteiger charge is 2.43. The van der Waals surface area contributed by atoms with Crippen molar-refractivity contribution in [3.63, 3.8) is 0 Å². The Morgan fingerprint density at radius 2 is 1.97 bits per heavy atom. The summed E-state index contributed by atoms with van der Waals surface area (Å²) >= 11 is 6.12. The summed E-state index contributed by atoms with van der Waals surface area (Å²) in [6.45, 7) is 4.70. The summed E-state index contributed by atoms with van der Waals surface area (Å²) in [6.07, 6.45) is 1.52. The maximum atomic E-state index is 13.0. The minimum absolute atomic E-state index is 0.171. The Kier molecular flexibility index (Phi) is 5.52. The van der Waals surface area contributed by atoms with E-state index in [4.69, 9.17) is 25.8 Å². The standard InChI is InChI=1S/C20H24ClN3O5/c1-12(24-7-5-20(6-8-24)28-9-10-29-20)18(25)23-16-14-11-13(21)3-4-15(14)22-17(16)19(26)27-2/h3-4,11-12,22H,5-10H2,1-2H3,(H,23,25)/p+1/t12-/m1/s1. The first-order chi connectivity index (χ1) is 13.9. The Hall–Kier alpha value is -2.13. The van der Waals surface area contributed by atoms with Crippen molar-refractivity contribution in [1.29, 1.82) is 0 Å². The van der Waals surface area contributed by atoms with Crippen molar-refractivity contribution in [1.82, 2.24) is 4.98 Å². The first kappa shape index (κ1) is 20.2. The van der Waals surface area contributed by atoms with Crippen LogP contribution in [0.3, 0.4) is 0 Å². The van der Waals surface area contributed by atoms with E-state index in [-0.39, 0.29) is 17.6 Å². The Balaban J connectivity index is 1.52. The molecule has 1 aromatic heterocycles. The van der Waals surface area contributed by atoms with E-state index in [1.54, 1.807) is 18.2 Å². The minimum Gasteiger partial charge on any atom is -0.464 e. The maximum Gasteiger partial charge on any atom is 0.356 e. The lowest BCUT2D eigenvalue weighted by atomic mass is 10.0. The number of piperidine rings is 1. The Bertz CT molecular complexity index is 928. The second-order valence-electron chi connectivity index (χ2n) is 7.53. The van der Waals surface area contributed by atoms with E-state index in [2.05, 4.69) is 10.3 Å². The molecular formula is C20H25ClN3O5+. The highest BCUT2D eigenvalue weighted by molar-refractivity contribution is 6.31. The molecule has 2 fully saturated rings. The summed E-state index contributed by atoms with van der Waals surface area (Å²) in [7, 11) is 1.30. The zero-order chi connectivity index (χ0) is 20.6. The lowest BCUT2D eigenvalue weighted by Crippen LogP contribution is -3.18. The molecule has 8 nitrogen and oxygen atoms in total. The minimum atomic E-state index is -0.553. The van der Waals surface area contributed by atoms with Gasteiger partial charge in [0.1, 0.15) is 5.69 Å². The fraction of sp³-hybridized carbons (Fsp3) is 0.500. The predicted octanol–water partition coefficient (Wildman–Crippen LogP) is 1.36. The zero-order valence-corrected chi connectivity index (χ0v) is 17.2. The molecule has 1 amide bonds. The number of ether oxygens (including phenoxy) is 3. The Morgan fingerprint density at radius 1 is 1.28 bits per heavy atom. The molecule has 2 saturated heterocycles. The molecule has 4 rings (SSSR count). The number of esters is 1. The second-order valence-corrected chi connectivity index (χ2v) is 7.97. The van der Waals surface area contributed by atoms with Gasteiger partial charge in [-0.05, 0) is 25.1 Å². The summed E-state index contributed by atoms with van der Waals surface area (Å²) in [5, 5.41) is 4.10. The van der Waals surface area contributed by atoms with Crippen LogP contribution in [0.4, 0.5) is 5.69 Å². The summed E-state index contributed by atoms with van der Waals surface area (Å²) < 4.78 is 16.4. The number of hydrogen-bond donors (Lipinski definition) is 3. The normalized spacial score (nSPS) is 20.1. The smallest absolute Gasteiger partial charge is 0.356 e. The molecule has 0 unspecified atom stereocenters. The number of aromatic nitrogens is 1. The molecule has 29 heavy (non-hydrogen) atoms. The van der Waals surface area contributed by atoms with Gasteiger partial charge in [-0.25, -0.2) is 4.79 Å². The van der Waals surface area contributed by atoms with E-state index in [9.17, 15) is 9.59 Å². The Labute approximate surface area is 173 Å². The first-order valence-corrected chi connectivity index (χ1v) is 10.1. The van der Waals surface area contributed by atoms with Gasteiger partial charge >= 0.3 is 5.97 Å². The van der Waals surface area contributed by atoms with Crippen molar-refractivity contribution in [2.24, 2.45) is 0 Å². The van der Waals surface area contributed by atoms with E-state index < -0.39 is 11.8 Å². The highest BCUT2D eigenvalue weighted by atomic mass is 35.5. The molecule has 0 aliphatic carbocycles. The largest absolute Gasteiger partial charge is 0.464 e. The van der Waals surface area contributed by atoms with Crippen molar-refractivity contribution < 1.29 is 28.7 Å². The third kappa shape index (κ3) is 3.85. The average molecular weight is 423 g/mol. The highest BCUT2D eigenvalue weighted by Crippen LogP contribution is 2.31. The van der Waals surface area contributed by atoms with Crippen molar-refractivity contribution in [3.8, 4) is 0 Å². The topological polar surface area (TPSA) is 94.1 Å². The quantitative estimate of drug-likeness (QED) is 0.647. The molecule has 2 aromatic rings. The number of hydrogen-bond acceptors (Lipinski definition) is 5. The Morgan fingerprint density at radius 3 is 2.62 bits per heavy atom. The van der Waals surface area contributed by atoms with Gasteiger partial charge in [-0.3, -0.25) is 4.79 Å². The predicted molar refractivity (Wildman–Crippen MR) is 107 cm³/mol. The molecule has 9 heteroatoms. The van der Waals surface area contributed by atoms with Gasteiger partial charge in [-0.1, -0.05) is 11.6 Å². The molecule has 1 spiro atoms. The van der Waals surface area contributed by atoms with E-state index in [0.29, 0.717) is 34.8 Å². The number of halogens is 1. The fourth-order valence-electron chi connectivity index (χ4n) is 4.14. The molecule has 1 atom stereocenters. The van der Waals surface area contributed by atoms with Gasteiger partial charge in [0.2, 0.25) is 0 Å². The van der Waals surface area contributed by atoms with Crippen LogP contribution in [0.15, 0.2) is 18.2 Å². The molecule has 2 aliphatic heterocycles. The van der Waals surface area contributed by atoms with Crippen LogP contribution < -0.4 is 10.2 Å². The summed E-state index contributed by atoms with van der Waals surface area (Å²) in [4.78, 5) is 29.4. The monoisotopic (exact) mass is 422 g/mol. The van der Waals surface area contributed by atoms with Crippen molar-refractivity contribution >= 4 is 40.1 Å². The number of fused-ring (bicyclic) bond motifs is 1. The van der Waals surface area contributed by atoms with Gasteiger partial charge in [-0.2, -0.15) is 0 Å². The number of carbonyl (C=O) groups excluding carboxylic acids is 2. The van der Waals surface area contributed by atoms with Gasteiger partial charge in [0.05, 0.1) is 51.9 Å². The molecule has 0 bridgehead atoms. The lowest BCUT2D eigenvalue weighted by molar-refractivity contribution is -0.922. The van der Waals surface area contributed by atoms with Crippen molar-refractivity contribution in [3.05, 3.63) is 28.9 Å². The second kappa shape index (κ2) is 7.95. The van der Waals surface area contributed by atoms with Crippen molar-refractivity contribution in [2.75, 3.05) is 38.7 Å². The van der Waals surface area contributed by atoms with Crippen LogP contribution in [-0.2, 0) is 19.0 Å². The molecule has 2 aliphatic rings. The lowest BCUT2D eigenvalue weighted by Gasteiger charge is -2.37. The van der Waals surface area contributed by atoms with Crippen LogP contribution in [0.1, 0.15) is 30.3 Å². The SMILES string of the molecule is COC(=O)c1[nH]c2ccc(Cl)cc2c1NC(=O)[C@@H](C)[NH+]1CCC2(CC1)OCCO2. The van der Waals surface area contributed by atoms with Crippen LogP contribution in [0.25, 0.3) is 10.9 Å². The van der Waals surface area contributed by atoms with Gasteiger partial charge in [0.15, 0.2) is 11.8 Å². The number of rotatable bonds is 4. The van der Waals surface area contributed by atoms with E-state index in [1.807, 2.05) is 6.92 Å². The van der Waals surface area contributed by atoms with Crippen molar-refractivity contribution in [2.45, 2.75) is 31.6 Å². The van der Waals surface area contributed by atoms with E-state index in [1.165, 1.54) is 7.11 Å². The summed E-state index contributed by atoms with van der Waals surface area (Å²) in [6, 6.07) is 4.90. The number of nitrogens with one attached hydrogen (secondary N) is 3. The molecule has 3 N–H and O–H groups in total. The van der Waals surface area contributed by atoms with Crippen LogP contribution in [0, 0.1) is 0 Å². The molecule has 3 heterocycles. The van der Waals surface area contributed by atoms with Crippen LogP contribution in [-0.4, -0.2) is 62.1 Å². The van der Waals surface area contributed by atoms with Gasteiger partial charge < -0.3 is 29.4 Å². The molecule has 0 radical (unpaired) electrons. The third-order valence-electron chi connectivity index (χ3n) is 5.87. The van der Waals surface area contributed by atoms with Gasteiger partial charge in [0, 0.05) is 15.9 Å². The van der Waals surface area contributed by atoms with Crippen LogP contribution in [0.2, 0.25) is 5.02 Å². The maximum absolute atomic E-state index is 13.0. The van der Waals surface area contributed by atoms with Gasteiger partial charge in [-0.15, -0.1) is 0 Å². The number of quaternary nitrogens is 1.